The first kappa shape index (κ1) is 11.8. The van der Waals surface area contributed by atoms with Gasteiger partial charge in [0.05, 0.1) is 11.9 Å². The average molecular weight is 246 g/mol. The molecule has 0 saturated heterocycles. The average Bonchev–Trinajstić information content (AvgIpc) is 2.82. The second kappa shape index (κ2) is 5.09. The second-order valence-corrected chi connectivity index (χ2v) is 3.49. The third-order valence-corrected chi connectivity index (χ3v) is 2.13. The Kier molecular flexibility index (Phi) is 3.33. The summed E-state index contributed by atoms with van der Waals surface area (Å²) in [5.41, 5.74) is 0.372. The molecule has 0 aliphatic carbocycles. The van der Waals surface area contributed by atoms with Crippen molar-refractivity contribution < 1.29 is 14.7 Å². The molecule has 7 nitrogen and oxygen atoms in total. The van der Waals surface area contributed by atoms with Crippen molar-refractivity contribution in [3.8, 4) is 0 Å². The first-order valence-electron chi connectivity index (χ1n) is 5.12. The third-order valence-electron chi connectivity index (χ3n) is 2.13. The molecule has 0 saturated carbocycles. The van der Waals surface area contributed by atoms with Crippen LogP contribution in [0.15, 0.2) is 36.8 Å². The van der Waals surface area contributed by atoms with Gasteiger partial charge in [0.15, 0.2) is 0 Å². The van der Waals surface area contributed by atoms with Crippen molar-refractivity contribution in [2.24, 2.45) is 0 Å². The molecule has 0 fully saturated rings. The van der Waals surface area contributed by atoms with Gasteiger partial charge >= 0.3 is 5.97 Å². The van der Waals surface area contributed by atoms with Crippen LogP contribution in [0, 0.1) is 0 Å². The van der Waals surface area contributed by atoms with Crippen LogP contribution in [0.2, 0.25) is 0 Å². The van der Waals surface area contributed by atoms with Gasteiger partial charge in [0.2, 0.25) is 5.91 Å². The highest BCUT2D eigenvalue weighted by Gasteiger charge is 2.06. The summed E-state index contributed by atoms with van der Waals surface area (Å²) < 4.78 is 1.48. The Morgan fingerprint density at radius 1 is 1.39 bits per heavy atom. The summed E-state index contributed by atoms with van der Waals surface area (Å²) in [7, 11) is 0. The first-order chi connectivity index (χ1) is 8.65. The van der Waals surface area contributed by atoms with Gasteiger partial charge in [0, 0.05) is 12.4 Å². The summed E-state index contributed by atoms with van der Waals surface area (Å²) in [6, 6.07) is 4.53. The quantitative estimate of drug-likeness (QED) is 0.824. The molecule has 2 rings (SSSR count). The molecule has 0 aliphatic rings. The third kappa shape index (κ3) is 2.91. The van der Waals surface area contributed by atoms with Crippen LogP contribution >= 0.6 is 0 Å². The highest BCUT2D eigenvalue weighted by Crippen LogP contribution is 2.06. The molecule has 0 spiro atoms. The van der Waals surface area contributed by atoms with Gasteiger partial charge in [0.25, 0.3) is 0 Å². The number of carbonyl (C=O) groups is 2. The highest BCUT2D eigenvalue weighted by atomic mass is 16.4. The number of nitrogens with zero attached hydrogens (tertiary/aromatic N) is 3. The van der Waals surface area contributed by atoms with Gasteiger partial charge in [-0.1, -0.05) is 0 Å². The summed E-state index contributed by atoms with van der Waals surface area (Å²) in [5.74, 6) is -1.37. The SMILES string of the molecule is O=C(Cn1cccn1)Nc1ccc(C(=O)O)nc1. The van der Waals surface area contributed by atoms with E-state index in [-0.39, 0.29) is 18.1 Å². The number of anilines is 1. The number of rotatable bonds is 4. The topological polar surface area (TPSA) is 97.1 Å². The van der Waals surface area contributed by atoms with E-state index in [0.717, 1.165) is 0 Å². The van der Waals surface area contributed by atoms with Crippen LogP contribution in [0.5, 0.6) is 0 Å². The van der Waals surface area contributed by atoms with E-state index < -0.39 is 5.97 Å². The van der Waals surface area contributed by atoms with Crippen molar-refractivity contribution in [3.63, 3.8) is 0 Å². The molecule has 0 aromatic carbocycles. The maximum atomic E-state index is 11.6. The van der Waals surface area contributed by atoms with E-state index in [1.165, 1.54) is 23.0 Å². The van der Waals surface area contributed by atoms with Crippen molar-refractivity contribution in [1.29, 1.82) is 0 Å². The monoisotopic (exact) mass is 246 g/mol. The number of aromatic carboxylic acids is 1. The Balaban J connectivity index is 1.97. The summed E-state index contributed by atoms with van der Waals surface area (Å²) in [4.78, 5) is 25.9. The van der Waals surface area contributed by atoms with E-state index >= 15 is 0 Å². The Hall–Kier alpha value is -2.70. The number of nitrogens with one attached hydrogen (secondary N) is 1. The largest absolute Gasteiger partial charge is 0.477 e. The number of hydrogen-bond donors (Lipinski definition) is 2. The summed E-state index contributed by atoms with van der Waals surface area (Å²) >= 11 is 0. The maximum Gasteiger partial charge on any atom is 0.354 e. The van der Waals surface area contributed by atoms with Gasteiger partial charge in [-0.15, -0.1) is 0 Å². The lowest BCUT2D eigenvalue weighted by Gasteiger charge is -2.05. The molecule has 0 atom stereocenters. The zero-order valence-electron chi connectivity index (χ0n) is 9.28. The van der Waals surface area contributed by atoms with E-state index in [2.05, 4.69) is 15.4 Å². The summed E-state index contributed by atoms with van der Waals surface area (Å²) in [6.07, 6.45) is 4.55. The number of amides is 1. The van der Waals surface area contributed by atoms with E-state index in [4.69, 9.17) is 5.11 Å². The molecule has 1 amide bonds. The maximum absolute atomic E-state index is 11.6. The Morgan fingerprint density at radius 2 is 2.22 bits per heavy atom. The molecule has 0 aliphatic heterocycles. The van der Waals surface area contributed by atoms with Crippen LogP contribution in [0.1, 0.15) is 10.5 Å². The predicted molar refractivity (Wildman–Crippen MR) is 62.1 cm³/mol. The van der Waals surface area contributed by atoms with E-state index in [1.54, 1.807) is 18.5 Å². The van der Waals surface area contributed by atoms with Crippen LogP contribution in [0.3, 0.4) is 0 Å². The second-order valence-electron chi connectivity index (χ2n) is 3.49. The van der Waals surface area contributed by atoms with Crippen LogP contribution in [0.4, 0.5) is 5.69 Å². The fourth-order valence-corrected chi connectivity index (χ4v) is 1.34. The Bertz CT molecular complexity index is 548. The van der Waals surface area contributed by atoms with Crippen molar-refractivity contribution in [3.05, 3.63) is 42.5 Å². The first-order valence-corrected chi connectivity index (χ1v) is 5.12. The smallest absolute Gasteiger partial charge is 0.354 e. The van der Waals surface area contributed by atoms with Gasteiger partial charge in [-0.2, -0.15) is 5.10 Å². The number of hydrogen-bond acceptors (Lipinski definition) is 4. The molecular formula is C11H10N4O3. The molecule has 92 valence electrons. The van der Waals surface area contributed by atoms with Gasteiger partial charge in [0.1, 0.15) is 12.2 Å². The normalized spacial score (nSPS) is 10.0. The molecule has 2 aromatic heterocycles. The van der Waals surface area contributed by atoms with Gasteiger partial charge in [-0.25, -0.2) is 9.78 Å². The van der Waals surface area contributed by atoms with Gasteiger partial charge < -0.3 is 10.4 Å². The fourth-order valence-electron chi connectivity index (χ4n) is 1.34. The molecule has 18 heavy (non-hydrogen) atoms. The van der Waals surface area contributed by atoms with Crippen molar-refractivity contribution in [1.82, 2.24) is 14.8 Å². The number of aromatic nitrogens is 3. The number of carbonyl (C=O) groups excluding carboxylic acids is 1. The minimum atomic E-state index is -1.11. The molecule has 2 N–H and O–H groups in total. The molecular weight excluding hydrogens is 236 g/mol. The number of carboxylic acid groups (broad SMARTS) is 1. The van der Waals surface area contributed by atoms with Crippen molar-refractivity contribution in [2.75, 3.05) is 5.32 Å². The lowest BCUT2D eigenvalue weighted by atomic mass is 10.3. The summed E-state index contributed by atoms with van der Waals surface area (Å²) in [5, 5.41) is 15.2. The van der Waals surface area contributed by atoms with Gasteiger partial charge in [-0.05, 0) is 18.2 Å². The van der Waals surface area contributed by atoms with Crippen molar-refractivity contribution >= 4 is 17.6 Å². The number of carboxylic acids is 1. The molecule has 0 bridgehead atoms. The molecule has 0 radical (unpaired) electrons. The predicted octanol–water partition coefficient (Wildman–Crippen LogP) is 0.615. The number of pyridine rings is 1. The Morgan fingerprint density at radius 3 is 2.78 bits per heavy atom. The molecule has 2 heterocycles. The lowest BCUT2D eigenvalue weighted by molar-refractivity contribution is -0.116. The molecule has 7 heteroatoms. The standard InChI is InChI=1S/C11H10N4O3/c16-10(7-15-5-1-4-13-15)14-8-2-3-9(11(17)18)12-6-8/h1-6H,7H2,(H,14,16)(H,17,18). The minimum Gasteiger partial charge on any atom is -0.477 e. The zero-order valence-corrected chi connectivity index (χ0v) is 9.28. The van der Waals surface area contributed by atoms with Crippen LogP contribution in [-0.4, -0.2) is 31.7 Å². The summed E-state index contributed by atoms with van der Waals surface area (Å²) in [6.45, 7) is 0.0910. The van der Waals surface area contributed by atoms with Crippen LogP contribution in [-0.2, 0) is 11.3 Å². The van der Waals surface area contributed by atoms with Gasteiger partial charge in [-0.3, -0.25) is 9.48 Å². The van der Waals surface area contributed by atoms with Crippen LogP contribution < -0.4 is 5.32 Å². The Labute approximate surface area is 102 Å². The van der Waals surface area contributed by atoms with E-state index in [0.29, 0.717) is 5.69 Å². The fraction of sp³-hybridized carbons (Fsp3) is 0.0909. The minimum absolute atomic E-state index is 0.0694. The van der Waals surface area contributed by atoms with E-state index in [9.17, 15) is 9.59 Å². The zero-order chi connectivity index (χ0) is 13.0. The van der Waals surface area contributed by atoms with Crippen LogP contribution in [0.25, 0.3) is 0 Å². The molecule has 2 aromatic rings. The lowest BCUT2D eigenvalue weighted by Crippen LogP contribution is -2.19. The van der Waals surface area contributed by atoms with Crippen molar-refractivity contribution in [2.45, 2.75) is 6.54 Å². The van der Waals surface area contributed by atoms with E-state index in [1.807, 2.05) is 0 Å². The highest BCUT2D eigenvalue weighted by molar-refractivity contribution is 5.91. The molecule has 0 unspecified atom stereocenters.